The quantitative estimate of drug-likeness (QED) is 0.436. The molecular formula is C29H44NP. The third kappa shape index (κ3) is 3.43. The maximum Gasteiger partial charge on any atom is 0.0444 e. The summed E-state index contributed by atoms with van der Waals surface area (Å²) in [5, 5.41) is 3.18. The van der Waals surface area contributed by atoms with E-state index in [9.17, 15) is 0 Å². The van der Waals surface area contributed by atoms with E-state index in [-0.39, 0.29) is 7.92 Å². The van der Waals surface area contributed by atoms with E-state index in [0.717, 1.165) is 23.7 Å². The van der Waals surface area contributed by atoms with E-state index in [1.807, 2.05) is 5.30 Å². The molecule has 1 aromatic rings. The summed E-state index contributed by atoms with van der Waals surface area (Å²) in [5.41, 5.74) is 1.67. The highest BCUT2D eigenvalue weighted by Gasteiger charge is 2.63. The fraction of sp³-hybridized carbons (Fsp3) is 0.793. The van der Waals surface area contributed by atoms with Gasteiger partial charge in [0.1, 0.15) is 0 Å². The Hall–Kier alpha value is -0.550. The van der Waals surface area contributed by atoms with Gasteiger partial charge >= 0.3 is 0 Å². The molecule has 5 fully saturated rings. The van der Waals surface area contributed by atoms with Crippen molar-refractivity contribution in [3.8, 4) is 0 Å². The number of nitrogens with zero attached hydrogens (tertiary/aromatic N) is 1. The molecule has 1 heterocycles. The van der Waals surface area contributed by atoms with Crippen LogP contribution in [0.4, 0.5) is 5.69 Å². The Labute approximate surface area is 192 Å². The molecule has 5 aliphatic rings. The number of rotatable bonds is 4. The van der Waals surface area contributed by atoms with Gasteiger partial charge in [0.2, 0.25) is 0 Å². The third-order valence-corrected chi connectivity index (χ3v) is 14.3. The molecule has 4 saturated carbocycles. The Kier molecular flexibility index (Phi) is 5.45. The number of hydrogen-bond acceptors (Lipinski definition) is 1. The predicted molar refractivity (Wildman–Crippen MR) is 136 cm³/mol. The zero-order valence-electron chi connectivity index (χ0n) is 20.1. The Bertz CT molecular complexity index is 796. The summed E-state index contributed by atoms with van der Waals surface area (Å²) in [4.78, 5) is 2.81. The van der Waals surface area contributed by atoms with Crippen molar-refractivity contribution in [3.63, 3.8) is 0 Å². The molecule has 0 radical (unpaired) electrons. The summed E-state index contributed by atoms with van der Waals surface area (Å²) in [6, 6.07) is 9.92. The van der Waals surface area contributed by atoms with Gasteiger partial charge in [-0.05, 0) is 111 Å². The largest absolute Gasteiger partial charge is 0.371 e. The molecule has 4 aliphatic carbocycles. The summed E-state index contributed by atoms with van der Waals surface area (Å²) in [6.45, 7) is 7.76. The molecule has 1 nitrogen and oxygen atoms in total. The predicted octanol–water partition coefficient (Wildman–Crippen LogP) is 7.72. The van der Waals surface area contributed by atoms with E-state index in [1.54, 1.807) is 24.9 Å². The topological polar surface area (TPSA) is 3.24 Å². The first kappa shape index (κ1) is 21.0. The first-order chi connectivity index (χ1) is 15.1. The molecule has 31 heavy (non-hydrogen) atoms. The van der Waals surface area contributed by atoms with Crippen molar-refractivity contribution in [1.82, 2.24) is 0 Å². The molecule has 0 spiro atoms. The van der Waals surface area contributed by atoms with Gasteiger partial charge in [-0.1, -0.05) is 52.8 Å². The summed E-state index contributed by atoms with van der Waals surface area (Å²) >= 11 is 0. The number of benzene rings is 1. The van der Waals surface area contributed by atoms with Crippen LogP contribution >= 0.6 is 7.92 Å². The van der Waals surface area contributed by atoms with Gasteiger partial charge in [0, 0.05) is 24.1 Å². The Morgan fingerprint density at radius 1 is 0.839 bits per heavy atom. The fourth-order valence-electron chi connectivity index (χ4n) is 9.31. The molecule has 0 aromatic heterocycles. The number of piperidine rings is 1. The SMILES string of the molecule is CC1CC2CCCC(P(c3ccccc3N3CCCCC3)C34CCC3CC(C)C4)(C1)C2. The van der Waals surface area contributed by atoms with Crippen LogP contribution < -0.4 is 10.2 Å². The van der Waals surface area contributed by atoms with Gasteiger partial charge in [-0.2, -0.15) is 0 Å². The lowest BCUT2D eigenvalue weighted by Gasteiger charge is -2.62. The first-order valence-electron chi connectivity index (χ1n) is 13.7. The second-order valence-corrected chi connectivity index (χ2v) is 15.5. The molecule has 2 bridgehead atoms. The average Bonchev–Trinajstić information content (AvgIpc) is 2.98. The highest BCUT2D eigenvalue weighted by atomic mass is 31.1. The number of para-hydroxylation sites is 1. The summed E-state index contributed by atoms with van der Waals surface area (Å²) in [7, 11) is -0.110. The lowest BCUT2D eigenvalue weighted by atomic mass is 9.68. The molecular weight excluding hydrogens is 393 g/mol. The van der Waals surface area contributed by atoms with Crippen LogP contribution in [0.3, 0.4) is 0 Å². The van der Waals surface area contributed by atoms with E-state index in [1.165, 1.54) is 77.3 Å². The van der Waals surface area contributed by atoms with Crippen LogP contribution in [0.2, 0.25) is 0 Å². The minimum absolute atomic E-state index is 0.110. The Morgan fingerprint density at radius 3 is 2.42 bits per heavy atom. The number of fused-ring (bicyclic) bond motifs is 3. The monoisotopic (exact) mass is 437 g/mol. The van der Waals surface area contributed by atoms with Crippen molar-refractivity contribution >= 4 is 18.9 Å². The van der Waals surface area contributed by atoms with Gasteiger partial charge in [0.05, 0.1) is 0 Å². The van der Waals surface area contributed by atoms with Gasteiger partial charge in [-0.15, -0.1) is 0 Å². The molecule has 0 amide bonds. The molecule has 2 heteroatoms. The summed E-state index contributed by atoms with van der Waals surface area (Å²) < 4.78 is 0. The van der Waals surface area contributed by atoms with Crippen molar-refractivity contribution in [2.75, 3.05) is 18.0 Å². The lowest BCUT2D eigenvalue weighted by molar-refractivity contribution is 0.158. The van der Waals surface area contributed by atoms with Gasteiger partial charge in [-0.25, -0.2) is 0 Å². The fourth-order valence-corrected chi connectivity index (χ4v) is 14.7. The van der Waals surface area contributed by atoms with Crippen LogP contribution in [0.15, 0.2) is 24.3 Å². The molecule has 1 saturated heterocycles. The van der Waals surface area contributed by atoms with Crippen LogP contribution in [0.1, 0.15) is 97.3 Å². The molecule has 6 rings (SSSR count). The average molecular weight is 438 g/mol. The Balaban J connectivity index is 1.48. The van der Waals surface area contributed by atoms with Crippen molar-refractivity contribution in [2.24, 2.45) is 23.7 Å². The minimum atomic E-state index is -0.110. The normalized spacial score (nSPS) is 43.2. The van der Waals surface area contributed by atoms with Crippen LogP contribution in [0.5, 0.6) is 0 Å². The smallest absolute Gasteiger partial charge is 0.0444 e. The maximum atomic E-state index is 2.81. The molecule has 0 N–H and O–H groups in total. The van der Waals surface area contributed by atoms with Crippen LogP contribution in [0.25, 0.3) is 0 Å². The van der Waals surface area contributed by atoms with Gasteiger partial charge in [0.25, 0.3) is 0 Å². The highest BCUT2D eigenvalue weighted by molar-refractivity contribution is 7.69. The number of hydrogen-bond donors (Lipinski definition) is 0. The van der Waals surface area contributed by atoms with Gasteiger partial charge < -0.3 is 4.90 Å². The van der Waals surface area contributed by atoms with Crippen molar-refractivity contribution in [1.29, 1.82) is 0 Å². The second-order valence-electron chi connectivity index (χ2n) is 12.5. The van der Waals surface area contributed by atoms with Crippen LogP contribution in [-0.2, 0) is 0 Å². The van der Waals surface area contributed by atoms with Crippen molar-refractivity contribution in [2.45, 2.75) is 108 Å². The molecule has 7 atom stereocenters. The lowest BCUT2D eigenvalue weighted by Crippen LogP contribution is -2.53. The molecule has 1 aliphatic heterocycles. The van der Waals surface area contributed by atoms with E-state index in [2.05, 4.69) is 43.0 Å². The zero-order valence-corrected chi connectivity index (χ0v) is 21.0. The standard InChI is InChI=1S/C29H44NP/c1-22-17-24-9-8-13-28(19-22,21-24)31(29-14-12-25(29)18-23(2)20-29)27-11-5-4-10-26(27)30-15-6-3-7-16-30/h4-5,10-11,22-25H,3,6-9,12-21H2,1-2H3. The molecule has 170 valence electrons. The third-order valence-electron chi connectivity index (χ3n) is 10.2. The molecule has 7 unspecified atom stereocenters. The van der Waals surface area contributed by atoms with E-state index >= 15 is 0 Å². The second kappa shape index (κ2) is 8.04. The highest BCUT2D eigenvalue weighted by Crippen LogP contribution is 2.78. The Morgan fingerprint density at radius 2 is 1.65 bits per heavy atom. The van der Waals surface area contributed by atoms with Crippen LogP contribution in [-0.4, -0.2) is 23.4 Å². The van der Waals surface area contributed by atoms with Gasteiger partial charge in [-0.3, -0.25) is 0 Å². The number of anilines is 1. The van der Waals surface area contributed by atoms with Gasteiger partial charge in [0.15, 0.2) is 0 Å². The van der Waals surface area contributed by atoms with Crippen molar-refractivity contribution in [3.05, 3.63) is 24.3 Å². The zero-order chi connectivity index (χ0) is 21.1. The van der Waals surface area contributed by atoms with Crippen LogP contribution in [0, 0.1) is 23.7 Å². The van der Waals surface area contributed by atoms with E-state index < -0.39 is 0 Å². The van der Waals surface area contributed by atoms with E-state index in [0.29, 0.717) is 10.3 Å². The summed E-state index contributed by atoms with van der Waals surface area (Å²) in [5.74, 6) is 3.96. The first-order valence-corrected chi connectivity index (χ1v) is 15.1. The van der Waals surface area contributed by atoms with E-state index in [4.69, 9.17) is 0 Å². The maximum absolute atomic E-state index is 2.81. The summed E-state index contributed by atoms with van der Waals surface area (Å²) in [6.07, 6.45) is 19.6. The van der Waals surface area contributed by atoms with Crippen molar-refractivity contribution < 1.29 is 0 Å². The minimum Gasteiger partial charge on any atom is -0.371 e. The molecule has 1 aromatic carbocycles.